The van der Waals surface area contributed by atoms with Crippen LogP contribution in [-0.2, 0) is 12.3 Å². The van der Waals surface area contributed by atoms with E-state index in [1.807, 2.05) is 0 Å². The van der Waals surface area contributed by atoms with Crippen LogP contribution >= 0.6 is 0 Å². The standard InChI is InChI=1S/C16H16F2N2O/c17-16(18,13-4-2-1-3-5-13)11-21-14-8-6-12(7-9-14)10-15(19)20/h1-9H,10-11H2,(H3,19,20). The van der Waals surface area contributed by atoms with E-state index in [-0.39, 0.29) is 11.4 Å². The number of benzene rings is 2. The molecule has 0 heterocycles. The van der Waals surface area contributed by atoms with E-state index in [9.17, 15) is 8.78 Å². The van der Waals surface area contributed by atoms with Gasteiger partial charge in [0.1, 0.15) is 5.75 Å². The van der Waals surface area contributed by atoms with E-state index in [1.165, 1.54) is 12.1 Å². The summed E-state index contributed by atoms with van der Waals surface area (Å²) in [6, 6.07) is 14.2. The van der Waals surface area contributed by atoms with Gasteiger partial charge in [0.05, 0.1) is 5.84 Å². The first-order valence-electron chi connectivity index (χ1n) is 6.45. The summed E-state index contributed by atoms with van der Waals surface area (Å²) < 4.78 is 33.0. The Bertz CT molecular complexity index is 597. The molecular formula is C16H16F2N2O. The summed E-state index contributed by atoms with van der Waals surface area (Å²) in [5.74, 6) is -2.63. The molecule has 0 bridgehead atoms. The molecule has 110 valence electrons. The van der Waals surface area contributed by atoms with Gasteiger partial charge < -0.3 is 10.5 Å². The number of rotatable bonds is 6. The van der Waals surface area contributed by atoms with Crippen LogP contribution in [0.15, 0.2) is 54.6 Å². The van der Waals surface area contributed by atoms with Crippen LogP contribution in [0.4, 0.5) is 8.78 Å². The highest BCUT2D eigenvalue weighted by molar-refractivity contribution is 5.79. The van der Waals surface area contributed by atoms with Gasteiger partial charge >= 0.3 is 5.92 Å². The van der Waals surface area contributed by atoms with Crippen LogP contribution in [0, 0.1) is 5.41 Å². The van der Waals surface area contributed by atoms with E-state index in [1.54, 1.807) is 42.5 Å². The summed E-state index contributed by atoms with van der Waals surface area (Å²) in [5.41, 5.74) is 6.06. The molecule has 0 fully saturated rings. The predicted molar refractivity (Wildman–Crippen MR) is 77.9 cm³/mol. The van der Waals surface area contributed by atoms with E-state index in [0.29, 0.717) is 12.2 Å². The highest BCUT2D eigenvalue weighted by Crippen LogP contribution is 2.28. The summed E-state index contributed by atoms with van der Waals surface area (Å²) in [6.45, 7) is -0.719. The molecule has 0 aromatic heterocycles. The fourth-order valence-electron chi connectivity index (χ4n) is 1.86. The van der Waals surface area contributed by atoms with Gasteiger partial charge in [0, 0.05) is 12.0 Å². The maximum Gasteiger partial charge on any atom is 0.306 e. The van der Waals surface area contributed by atoms with Crippen LogP contribution in [0.3, 0.4) is 0 Å². The number of ether oxygens (including phenoxy) is 1. The summed E-state index contributed by atoms with van der Waals surface area (Å²) >= 11 is 0. The van der Waals surface area contributed by atoms with Crippen LogP contribution < -0.4 is 10.5 Å². The van der Waals surface area contributed by atoms with Crippen molar-refractivity contribution in [3.8, 4) is 5.75 Å². The largest absolute Gasteiger partial charge is 0.487 e. The Labute approximate surface area is 121 Å². The van der Waals surface area contributed by atoms with E-state index in [4.69, 9.17) is 15.9 Å². The van der Waals surface area contributed by atoms with E-state index in [0.717, 1.165) is 5.56 Å². The van der Waals surface area contributed by atoms with Crippen molar-refractivity contribution in [1.82, 2.24) is 0 Å². The fraction of sp³-hybridized carbons (Fsp3) is 0.188. The lowest BCUT2D eigenvalue weighted by atomic mass is 10.1. The Hall–Kier alpha value is -2.43. The van der Waals surface area contributed by atoms with Crippen molar-refractivity contribution in [3.05, 3.63) is 65.7 Å². The van der Waals surface area contributed by atoms with Crippen molar-refractivity contribution < 1.29 is 13.5 Å². The Morgan fingerprint density at radius 2 is 1.67 bits per heavy atom. The Balaban J connectivity index is 1.98. The molecule has 0 saturated heterocycles. The lowest BCUT2D eigenvalue weighted by molar-refractivity contribution is -0.0467. The smallest absolute Gasteiger partial charge is 0.306 e. The average molecular weight is 290 g/mol. The first-order chi connectivity index (χ1) is 9.97. The third-order valence-electron chi connectivity index (χ3n) is 2.93. The second-order valence-corrected chi connectivity index (χ2v) is 4.71. The zero-order valence-electron chi connectivity index (χ0n) is 11.4. The van der Waals surface area contributed by atoms with Gasteiger partial charge in [0.15, 0.2) is 6.61 Å². The molecule has 21 heavy (non-hydrogen) atoms. The lowest BCUT2D eigenvalue weighted by Crippen LogP contribution is -2.23. The van der Waals surface area contributed by atoms with Crippen molar-refractivity contribution >= 4 is 5.84 Å². The highest BCUT2D eigenvalue weighted by Gasteiger charge is 2.32. The molecule has 0 saturated carbocycles. The molecule has 2 rings (SSSR count). The van der Waals surface area contributed by atoms with E-state index >= 15 is 0 Å². The number of halogens is 2. The van der Waals surface area contributed by atoms with Gasteiger partial charge in [-0.25, -0.2) is 0 Å². The molecule has 0 aliphatic rings. The van der Waals surface area contributed by atoms with Crippen molar-refractivity contribution in [2.75, 3.05) is 6.61 Å². The first kappa shape index (κ1) is 15.0. The molecule has 0 unspecified atom stereocenters. The van der Waals surface area contributed by atoms with Gasteiger partial charge in [-0.1, -0.05) is 42.5 Å². The molecule has 0 aliphatic heterocycles. The monoisotopic (exact) mass is 290 g/mol. The zero-order valence-corrected chi connectivity index (χ0v) is 11.4. The predicted octanol–water partition coefficient (Wildman–Crippen LogP) is 3.34. The Morgan fingerprint density at radius 1 is 1.05 bits per heavy atom. The molecule has 2 aromatic carbocycles. The molecule has 0 radical (unpaired) electrons. The molecule has 0 amide bonds. The fourth-order valence-corrected chi connectivity index (χ4v) is 1.86. The summed E-state index contributed by atoms with van der Waals surface area (Å²) in [7, 11) is 0. The minimum atomic E-state index is -3.04. The van der Waals surface area contributed by atoms with Gasteiger partial charge in [-0.15, -0.1) is 0 Å². The summed E-state index contributed by atoms with van der Waals surface area (Å²) in [6.07, 6.45) is 0.334. The maximum atomic E-state index is 13.9. The minimum Gasteiger partial charge on any atom is -0.487 e. The Morgan fingerprint density at radius 3 is 2.24 bits per heavy atom. The van der Waals surface area contributed by atoms with E-state index < -0.39 is 12.5 Å². The Kier molecular flexibility index (Phi) is 4.52. The molecule has 5 heteroatoms. The normalized spacial score (nSPS) is 11.1. The van der Waals surface area contributed by atoms with Gasteiger partial charge in [-0.3, -0.25) is 5.41 Å². The van der Waals surface area contributed by atoms with Gasteiger partial charge in [-0.05, 0) is 17.7 Å². The van der Waals surface area contributed by atoms with E-state index in [2.05, 4.69) is 0 Å². The number of nitrogens with two attached hydrogens (primary N) is 1. The quantitative estimate of drug-likeness (QED) is 0.633. The lowest BCUT2D eigenvalue weighted by Gasteiger charge is -2.17. The van der Waals surface area contributed by atoms with Crippen LogP contribution in [-0.4, -0.2) is 12.4 Å². The molecule has 3 nitrogen and oxygen atoms in total. The van der Waals surface area contributed by atoms with Crippen molar-refractivity contribution in [2.24, 2.45) is 5.73 Å². The highest BCUT2D eigenvalue weighted by atomic mass is 19.3. The molecule has 3 N–H and O–H groups in total. The molecule has 0 aliphatic carbocycles. The number of nitrogens with one attached hydrogen (secondary N) is 1. The third-order valence-corrected chi connectivity index (χ3v) is 2.93. The first-order valence-corrected chi connectivity index (χ1v) is 6.45. The van der Waals surface area contributed by atoms with Gasteiger partial charge in [0.25, 0.3) is 0 Å². The molecular weight excluding hydrogens is 274 g/mol. The average Bonchev–Trinajstić information content (AvgIpc) is 2.47. The van der Waals surface area contributed by atoms with Crippen LogP contribution in [0.2, 0.25) is 0 Å². The summed E-state index contributed by atoms with van der Waals surface area (Å²) in [4.78, 5) is 0. The third kappa shape index (κ3) is 4.27. The number of amidine groups is 1. The van der Waals surface area contributed by atoms with Crippen LogP contribution in [0.1, 0.15) is 11.1 Å². The van der Waals surface area contributed by atoms with Gasteiger partial charge in [-0.2, -0.15) is 8.78 Å². The van der Waals surface area contributed by atoms with Crippen molar-refractivity contribution in [2.45, 2.75) is 12.3 Å². The molecule has 0 spiro atoms. The topological polar surface area (TPSA) is 59.1 Å². The van der Waals surface area contributed by atoms with Crippen LogP contribution in [0.25, 0.3) is 0 Å². The number of hydrogen-bond acceptors (Lipinski definition) is 2. The zero-order chi connectivity index (χ0) is 15.3. The second kappa shape index (κ2) is 6.35. The maximum absolute atomic E-state index is 13.9. The SMILES string of the molecule is N=C(N)Cc1ccc(OCC(F)(F)c2ccccc2)cc1. The van der Waals surface area contributed by atoms with Gasteiger partial charge in [0.2, 0.25) is 0 Å². The second-order valence-electron chi connectivity index (χ2n) is 4.71. The summed E-state index contributed by atoms with van der Waals surface area (Å²) in [5, 5.41) is 7.19. The van der Waals surface area contributed by atoms with Crippen molar-refractivity contribution in [3.63, 3.8) is 0 Å². The molecule has 0 atom stereocenters. The van der Waals surface area contributed by atoms with Crippen LogP contribution in [0.5, 0.6) is 5.75 Å². The van der Waals surface area contributed by atoms with Crippen molar-refractivity contribution in [1.29, 1.82) is 5.41 Å². The minimum absolute atomic E-state index is 0.0549. The number of alkyl halides is 2. The number of hydrogen-bond donors (Lipinski definition) is 2. The molecule has 2 aromatic rings.